The highest BCUT2D eigenvalue weighted by molar-refractivity contribution is 5.67. The smallest absolute Gasteiger partial charge is 0.303 e. The Morgan fingerprint density at radius 2 is 1.33 bits per heavy atom. The topological polar surface area (TPSA) is 82.1 Å². The van der Waals surface area contributed by atoms with Gasteiger partial charge in [0, 0.05) is 58.5 Å². The number of likely N-dealkylation sites (tertiary alicyclic amines) is 2. The number of ether oxygens (including phenoxy) is 3. The van der Waals surface area contributed by atoms with Gasteiger partial charge in [-0.25, -0.2) is 4.90 Å². The van der Waals surface area contributed by atoms with Crippen molar-refractivity contribution in [1.29, 1.82) is 0 Å². The van der Waals surface area contributed by atoms with Gasteiger partial charge in [0.15, 0.2) is 11.8 Å². The lowest BCUT2D eigenvalue weighted by Crippen LogP contribution is -2.79. The van der Waals surface area contributed by atoms with Crippen molar-refractivity contribution in [2.24, 2.45) is 34.5 Å². The third-order valence-electron chi connectivity index (χ3n) is 14.1. The third-order valence-corrected chi connectivity index (χ3v) is 14.1. The number of fused-ring (bicyclic) bond motifs is 5. The molecule has 0 aromatic heterocycles. The highest BCUT2D eigenvalue weighted by Gasteiger charge is 2.70. The van der Waals surface area contributed by atoms with Crippen LogP contribution in [0.4, 0.5) is 0 Å². The fraction of sp³-hybridized carbons (Fsp3) is 0.914. The standard InChI is InChI=1S/C35H57N2O6/c1-23(38)41-27-14-17-36(18-15-27)35(37(6)19-7-8-20-37)22-34(5)26(21-32(35)43-25(3)40)9-10-28-29-11-12-31(42-24(2)39)33(29,4)16-13-30(28)34/h26-32H,7-22H2,1-6H3/q+1/t26?,28-,29-,30+,31?,32?,33-,34-,35?/m0/s1. The Kier molecular flexibility index (Phi) is 8.22. The molecule has 4 saturated carbocycles. The third kappa shape index (κ3) is 5.05. The van der Waals surface area contributed by atoms with E-state index in [-0.39, 0.29) is 52.7 Å². The summed E-state index contributed by atoms with van der Waals surface area (Å²) >= 11 is 0. The molecule has 8 nitrogen and oxygen atoms in total. The Morgan fingerprint density at radius 1 is 0.721 bits per heavy atom. The van der Waals surface area contributed by atoms with Gasteiger partial charge in [0.05, 0.1) is 20.1 Å². The number of hydrogen-bond donors (Lipinski definition) is 0. The van der Waals surface area contributed by atoms with Crippen molar-refractivity contribution in [2.45, 2.75) is 136 Å². The molecular weight excluding hydrogens is 544 g/mol. The van der Waals surface area contributed by atoms with Gasteiger partial charge in [-0.3, -0.25) is 14.4 Å². The molecule has 6 fully saturated rings. The second-order valence-corrected chi connectivity index (χ2v) is 16.1. The Bertz CT molecular complexity index is 1100. The van der Waals surface area contributed by atoms with Gasteiger partial charge in [0.25, 0.3) is 0 Å². The van der Waals surface area contributed by atoms with Crippen LogP contribution in [0.3, 0.4) is 0 Å². The molecule has 9 atom stereocenters. The molecule has 4 aliphatic carbocycles. The van der Waals surface area contributed by atoms with E-state index in [0.29, 0.717) is 23.7 Å². The minimum Gasteiger partial charge on any atom is -0.462 e. The lowest BCUT2D eigenvalue weighted by Gasteiger charge is -2.68. The zero-order chi connectivity index (χ0) is 30.8. The normalized spacial score (nSPS) is 44.5. The Labute approximate surface area is 259 Å². The number of likely N-dealkylation sites (N-methyl/N-ethyl adjacent to an activating group) is 1. The van der Waals surface area contributed by atoms with E-state index in [1.54, 1.807) is 13.8 Å². The maximum atomic E-state index is 12.8. The van der Waals surface area contributed by atoms with Crippen molar-refractivity contribution in [3.8, 4) is 0 Å². The van der Waals surface area contributed by atoms with E-state index >= 15 is 0 Å². The molecule has 0 N–H and O–H groups in total. The number of nitrogens with zero attached hydrogens (tertiary/aromatic N) is 2. The fourth-order valence-corrected chi connectivity index (χ4v) is 12.2. The highest BCUT2D eigenvalue weighted by Crippen LogP contribution is 2.69. The molecule has 242 valence electrons. The van der Waals surface area contributed by atoms with Crippen molar-refractivity contribution < 1.29 is 33.1 Å². The zero-order valence-electron chi connectivity index (χ0n) is 27.7. The van der Waals surface area contributed by atoms with E-state index < -0.39 is 0 Å². The van der Waals surface area contributed by atoms with Gasteiger partial charge in [-0.2, -0.15) is 0 Å². The summed E-state index contributed by atoms with van der Waals surface area (Å²) in [5.74, 6) is 1.92. The summed E-state index contributed by atoms with van der Waals surface area (Å²) in [5.41, 5.74) is -0.0572. The van der Waals surface area contributed by atoms with Crippen molar-refractivity contribution >= 4 is 17.9 Å². The predicted octanol–water partition coefficient (Wildman–Crippen LogP) is 5.47. The number of carbonyl (C=O) groups is 3. The molecule has 0 amide bonds. The number of carbonyl (C=O) groups excluding carboxylic acids is 3. The second-order valence-electron chi connectivity index (χ2n) is 16.1. The summed E-state index contributed by atoms with van der Waals surface area (Å²) in [6.07, 6.45) is 12.8. The van der Waals surface area contributed by atoms with Gasteiger partial charge in [-0.05, 0) is 86.9 Å². The molecule has 4 unspecified atom stereocenters. The first-order valence-electron chi connectivity index (χ1n) is 17.4. The number of piperidine rings is 1. The van der Waals surface area contributed by atoms with Crippen LogP contribution in [-0.4, -0.2) is 84.5 Å². The minimum atomic E-state index is -0.285. The summed E-state index contributed by atoms with van der Waals surface area (Å²) in [6.45, 7) is 13.6. The van der Waals surface area contributed by atoms with E-state index in [9.17, 15) is 14.4 Å². The SMILES string of the molecule is CC(=O)OC1CCN(C2([N+]3(C)CCCC3)C[C@@]3(C)C(CC[C@@H]4[C@H]3CC[C@]3(C)C(OC(C)=O)CC[C@@H]43)CC2OC(C)=O)CC1. The first-order chi connectivity index (χ1) is 20.3. The predicted molar refractivity (Wildman–Crippen MR) is 162 cm³/mol. The molecule has 0 radical (unpaired) electrons. The highest BCUT2D eigenvalue weighted by atomic mass is 16.6. The van der Waals surface area contributed by atoms with Crippen molar-refractivity contribution in [2.75, 3.05) is 33.2 Å². The number of hydrogen-bond acceptors (Lipinski definition) is 7. The quantitative estimate of drug-likeness (QED) is 0.235. The largest absolute Gasteiger partial charge is 0.462 e. The van der Waals surface area contributed by atoms with Crippen LogP contribution in [0, 0.1) is 34.5 Å². The van der Waals surface area contributed by atoms with E-state index in [1.807, 2.05) is 0 Å². The Balaban J connectivity index is 1.36. The first kappa shape index (κ1) is 31.3. The molecule has 8 heteroatoms. The van der Waals surface area contributed by atoms with Gasteiger partial charge in [-0.1, -0.05) is 13.8 Å². The summed E-state index contributed by atoms with van der Waals surface area (Å²) in [7, 11) is 2.45. The van der Waals surface area contributed by atoms with E-state index in [2.05, 4.69) is 25.8 Å². The fourth-order valence-electron chi connectivity index (χ4n) is 12.2. The van der Waals surface area contributed by atoms with Gasteiger partial charge >= 0.3 is 17.9 Å². The zero-order valence-corrected chi connectivity index (χ0v) is 27.7. The minimum absolute atomic E-state index is 0.0311. The van der Waals surface area contributed by atoms with Crippen LogP contribution < -0.4 is 0 Å². The lowest BCUT2D eigenvalue weighted by atomic mass is 9.43. The summed E-state index contributed by atoms with van der Waals surface area (Å²) in [5, 5.41) is 0. The molecule has 6 rings (SSSR count). The molecule has 6 aliphatic rings. The van der Waals surface area contributed by atoms with Crippen LogP contribution in [0.5, 0.6) is 0 Å². The molecule has 2 heterocycles. The average Bonchev–Trinajstić information content (AvgIpc) is 3.52. The van der Waals surface area contributed by atoms with Gasteiger partial charge < -0.3 is 18.7 Å². The molecule has 0 bridgehead atoms. The number of esters is 3. The van der Waals surface area contributed by atoms with Crippen molar-refractivity contribution in [3.05, 3.63) is 0 Å². The van der Waals surface area contributed by atoms with Crippen LogP contribution in [0.2, 0.25) is 0 Å². The Hall–Kier alpha value is -1.67. The van der Waals surface area contributed by atoms with Crippen LogP contribution in [0.25, 0.3) is 0 Å². The lowest BCUT2D eigenvalue weighted by molar-refractivity contribution is -0.969. The van der Waals surface area contributed by atoms with Gasteiger partial charge in [-0.15, -0.1) is 0 Å². The molecule has 0 aromatic carbocycles. The number of quaternary nitrogens is 1. The van der Waals surface area contributed by atoms with Crippen LogP contribution >= 0.6 is 0 Å². The molecule has 0 aromatic rings. The van der Waals surface area contributed by atoms with Crippen molar-refractivity contribution in [1.82, 2.24) is 4.90 Å². The van der Waals surface area contributed by atoms with E-state index in [0.717, 1.165) is 75.6 Å². The van der Waals surface area contributed by atoms with E-state index in [4.69, 9.17) is 14.2 Å². The van der Waals surface area contributed by atoms with Crippen LogP contribution in [-0.2, 0) is 28.6 Å². The Morgan fingerprint density at radius 3 is 1.95 bits per heavy atom. The molecular formula is C35H57N2O6+. The van der Waals surface area contributed by atoms with Crippen molar-refractivity contribution in [3.63, 3.8) is 0 Å². The van der Waals surface area contributed by atoms with Crippen LogP contribution in [0.15, 0.2) is 0 Å². The van der Waals surface area contributed by atoms with Gasteiger partial charge in [0.1, 0.15) is 12.2 Å². The summed E-state index contributed by atoms with van der Waals surface area (Å²) in [6, 6.07) is 0. The first-order valence-corrected chi connectivity index (χ1v) is 17.4. The maximum Gasteiger partial charge on any atom is 0.303 e. The van der Waals surface area contributed by atoms with Gasteiger partial charge in [0.2, 0.25) is 0 Å². The molecule has 43 heavy (non-hydrogen) atoms. The molecule has 2 saturated heterocycles. The monoisotopic (exact) mass is 601 g/mol. The summed E-state index contributed by atoms with van der Waals surface area (Å²) in [4.78, 5) is 39.3. The number of rotatable bonds is 5. The van der Waals surface area contributed by atoms with E-state index in [1.165, 1.54) is 39.0 Å². The summed E-state index contributed by atoms with van der Waals surface area (Å²) < 4.78 is 19.0. The second kappa shape index (κ2) is 11.3. The molecule has 2 aliphatic heterocycles. The van der Waals surface area contributed by atoms with Crippen LogP contribution in [0.1, 0.15) is 112 Å². The molecule has 0 spiro atoms. The average molecular weight is 602 g/mol. The maximum absolute atomic E-state index is 12.8.